The quantitative estimate of drug-likeness (QED) is 0.625. The molecule has 1 fully saturated rings. The van der Waals surface area contributed by atoms with Crippen molar-refractivity contribution in [2.45, 2.75) is 31.7 Å². The Morgan fingerprint density at radius 3 is 2.81 bits per heavy atom. The Kier molecular flexibility index (Phi) is 3.22. The minimum Gasteiger partial charge on any atom is -0.290 e. The molecule has 0 saturated heterocycles. The molecule has 1 aromatic rings. The van der Waals surface area contributed by atoms with E-state index in [9.17, 15) is 0 Å². The Balaban J connectivity index is 2.27. The van der Waals surface area contributed by atoms with E-state index < -0.39 is 0 Å². The van der Waals surface area contributed by atoms with Crippen molar-refractivity contribution in [3.8, 4) is 6.07 Å². The van der Waals surface area contributed by atoms with Gasteiger partial charge < -0.3 is 0 Å². The Hall–Kier alpha value is -1.38. The molecule has 0 aromatic carbocycles. The van der Waals surface area contributed by atoms with Gasteiger partial charge in [0.1, 0.15) is 11.1 Å². The molecule has 1 saturated carbocycles. The molecule has 0 unspecified atom stereocenters. The van der Waals surface area contributed by atoms with Crippen molar-refractivity contribution in [3.63, 3.8) is 0 Å². The van der Waals surface area contributed by atoms with Crippen LogP contribution in [0.3, 0.4) is 0 Å². The molecule has 0 radical (unpaired) electrons. The predicted molar refractivity (Wildman–Crippen MR) is 60.7 cm³/mol. The van der Waals surface area contributed by atoms with E-state index in [0.29, 0.717) is 10.8 Å². The summed E-state index contributed by atoms with van der Waals surface area (Å²) in [5.74, 6) is 6.51. The maximum Gasteiger partial charge on any atom is 0.234 e. The van der Waals surface area contributed by atoms with Crippen LogP contribution >= 0.6 is 11.6 Å². The summed E-state index contributed by atoms with van der Waals surface area (Å²) in [6, 6.07) is 2.14. The van der Waals surface area contributed by atoms with Crippen molar-refractivity contribution in [3.05, 3.63) is 17.0 Å². The minimum atomic E-state index is 0.0906. The predicted octanol–water partition coefficient (Wildman–Crippen LogP) is 1.62. The number of nitrogens with two attached hydrogens (primary N) is 1. The molecule has 2 N–H and O–H groups in total. The topological polar surface area (TPSA) is 78.8 Å². The minimum absolute atomic E-state index is 0.0906. The zero-order valence-electron chi connectivity index (χ0n) is 8.73. The van der Waals surface area contributed by atoms with Crippen molar-refractivity contribution in [2.75, 3.05) is 5.01 Å². The van der Waals surface area contributed by atoms with E-state index in [1.807, 2.05) is 6.07 Å². The highest BCUT2D eigenvalue weighted by molar-refractivity contribution is 6.32. The van der Waals surface area contributed by atoms with Crippen molar-refractivity contribution in [1.82, 2.24) is 9.97 Å². The molecule has 6 heteroatoms. The monoisotopic (exact) mass is 237 g/mol. The smallest absolute Gasteiger partial charge is 0.234 e. The number of halogens is 1. The second-order valence-corrected chi connectivity index (χ2v) is 4.23. The van der Waals surface area contributed by atoms with Crippen LogP contribution in [0.2, 0.25) is 5.02 Å². The third-order valence-electron chi connectivity index (χ3n) is 2.79. The molecule has 1 aliphatic rings. The van der Waals surface area contributed by atoms with Gasteiger partial charge >= 0.3 is 0 Å². The highest BCUT2D eigenvalue weighted by Crippen LogP contribution is 2.28. The van der Waals surface area contributed by atoms with Crippen LogP contribution in [0.4, 0.5) is 5.82 Å². The first-order chi connectivity index (χ1) is 7.72. The lowest BCUT2D eigenvalue weighted by Gasteiger charge is -2.25. The third kappa shape index (κ3) is 2.08. The van der Waals surface area contributed by atoms with Gasteiger partial charge in [-0.3, -0.25) is 5.01 Å². The molecule has 0 aliphatic heterocycles. The van der Waals surface area contributed by atoms with Crippen LogP contribution in [0.25, 0.3) is 0 Å². The number of hydrogen-bond donors (Lipinski definition) is 1. The number of nitrogens with zero attached hydrogens (tertiary/aromatic N) is 4. The molecular formula is C10H12ClN5. The zero-order chi connectivity index (χ0) is 11.5. The van der Waals surface area contributed by atoms with Crippen LogP contribution in [0.5, 0.6) is 0 Å². The highest BCUT2D eigenvalue weighted by atomic mass is 35.5. The summed E-state index contributed by atoms with van der Waals surface area (Å²) in [7, 11) is 0. The second-order valence-electron chi connectivity index (χ2n) is 3.82. The first-order valence-electron chi connectivity index (χ1n) is 5.19. The highest BCUT2D eigenvalue weighted by Gasteiger charge is 2.23. The molecule has 84 valence electrons. The second kappa shape index (κ2) is 4.64. The fourth-order valence-electron chi connectivity index (χ4n) is 1.95. The van der Waals surface area contributed by atoms with Crippen molar-refractivity contribution in [1.29, 1.82) is 5.26 Å². The molecular weight excluding hydrogens is 226 g/mol. The third-order valence-corrected chi connectivity index (χ3v) is 3.05. The summed E-state index contributed by atoms with van der Waals surface area (Å²) >= 11 is 5.97. The lowest BCUT2D eigenvalue weighted by molar-refractivity contribution is 0.615. The summed E-state index contributed by atoms with van der Waals surface area (Å²) in [4.78, 5) is 7.81. The van der Waals surface area contributed by atoms with Crippen molar-refractivity contribution in [2.24, 2.45) is 5.84 Å². The molecule has 5 nitrogen and oxygen atoms in total. The largest absolute Gasteiger partial charge is 0.290 e. The molecule has 0 spiro atoms. The fraction of sp³-hybridized carbons (Fsp3) is 0.500. The number of rotatable bonds is 2. The molecule has 0 bridgehead atoms. The number of hydrazine groups is 1. The molecule has 0 amide bonds. The van der Waals surface area contributed by atoms with E-state index in [2.05, 4.69) is 9.97 Å². The zero-order valence-corrected chi connectivity index (χ0v) is 9.48. The van der Waals surface area contributed by atoms with Crippen LogP contribution in [0.15, 0.2) is 6.20 Å². The molecule has 2 rings (SSSR count). The van der Waals surface area contributed by atoms with Gasteiger partial charge in [-0.15, -0.1) is 0 Å². The van der Waals surface area contributed by atoms with Gasteiger partial charge in [0, 0.05) is 6.04 Å². The van der Waals surface area contributed by atoms with Gasteiger partial charge in [-0.05, 0) is 12.8 Å². The van der Waals surface area contributed by atoms with Crippen LogP contribution in [0, 0.1) is 11.3 Å². The number of nitriles is 1. The summed E-state index contributed by atoms with van der Waals surface area (Å²) in [6.07, 6.45) is 5.84. The van der Waals surface area contributed by atoms with Gasteiger partial charge in [0.25, 0.3) is 0 Å². The lowest BCUT2D eigenvalue weighted by Crippen LogP contribution is -2.40. The Morgan fingerprint density at radius 2 is 2.19 bits per heavy atom. The lowest BCUT2D eigenvalue weighted by atomic mass is 10.2. The Labute approximate surface area is 98.8 Å². The molecule has 1 heterocycles. The summed E-state index contributed by atoms with van der Waals surface area (Å²) in [5.41, 5.74) is 0. The Bertz CT molecular complexity index is 422. The standard InChI is InChI=1S/C10H12ClN5/c11-8-6-14-9(5-12)15-10(8)16(13)7-3-1-2-4-7/h6-7H,1-4,13H2. The van der Waals surface area contributed by atoms with Crippen LogP contribution in [-0.4, -0.2) is 16.0 Å². The van der Waals surface area contributed by atoms with Crippen molar-refractivity contribution < 1.29 is 0 Å². The van der Waals surface area contributed by atoms with E-state index in [-0.39, 0.29) is 11.9 Å². The van der Waals surface area contributed by atoms with E-state index in [0.717, 1.165) is 12.8 Å². The summed E-state index contributed by atoms with van der Waals surface area (Å²) in [6.45, 7) is 0. The van der Waals surface area contributed by atoms with Gasteiger partial charge in [0.15, 0.2) is 5.82 Å². The van der Waals surface area contributed by atoms with E-state index >= 15 is 0 Å². The average molecular weight is 238 g/mol. The SMILES string of the molecule is N#Cc1ncc(Cl)c(N(N)C2CCCC2)n1. The van der Waals surface area contributed by atoms with Gasteiger partial charge in [-0.1, -0.05) is 24.4 Å². The Morgan fingerprint density at radius 1 is 1.50 bits per heavy atom. The first-order valence-corrected chi connectivity index (χ1v) is 5.56. The van der Waals surface area contributed by atoms with Crippen LogP contribution in [0.1, 0.15) is 31.5 Å². The van der Waals surface area contributed by atoms with Crippen molar-refractivity contribution >= 4 is 17.4 Å². The molecule has 16 heavy (non-hydrogen) atoms. The van der Waals surface area contributed by atoms with E-state index in [4.69, 9.17) is 22.7 Å². The average Bonchev–Trinajstić information content (AvgIpc) is 2.82. The van der Waals surface area contributed by atoms with Gasteiger partial charge in [0.05, 0.1) is 6.20 Å². The molecule has 1 aliphatic carbocycles. The number of aromatic nitrogens is 2. The normalized spacial score (nSPS) is 16.1. The number of anilines is 1. The van der Waals surface area contributed by atoms with Gasteiger partial charge in [-0.25, -0.2) is 10.8 Å². The summed E-state index contributed by atoms with van der Waals surface area (Å²) in [5, 5.41) is 10.7. The fourth-order valence-corrected chi connectivity index (χ4v) is 2.14. The first kappa shape index (κ1) is 11.1. The van der Waals surface area contributed by atoms with Gasteiger partial charge in [-0.2, -0.15) is 10.2 Å². The summed E-state index contributed by atoms with van der Waals surface area (Å²) < 4.78 is 0. The van der Waals surface area contributed by atoms with E-state index in [1.54, 1.807) is 5.01 Å². The maximum atomic E-state index is 8.72. The maximum absolute atomic E-state index is 8.72. The number of hydrogen-bond acceptors (Lipinski definition) is 5. The van der Waals surface area contributed by atoms with E-state index in [1.165, 1.54) is 19.0 Å². The van der Waals surface area contributed by atoms with Crippen LogP contribution in [-0.2, 0) is 0 Å². The molecule has 1 aromatic heterocycles. The van der Waals surface area contributed by atoms with Crippen LogP contribution < -0.4 is 10.9 Å². The molecule has 0 atom stereocenters. The van der Waals surface area contributed by atoms with Gasteiger partial charge in [0.2, 0.25) is 5.82 Å².